The second kappa shape index (κ2) is 9.36. The molecule has 0 aliphatic carbocycles. The molecule has 2 heterocycles. The van der Waals surface area contributed by atoms with Gasteiger partial charge in [-0.1, -0.05) is 25.5 Å². The van der Waals surface area contributed by atoms with Crippen LogP contribution in [0.25, 0.3) is 0 Å². The highest BCUT2D eigenvalue weighted by atomic mass is 16.5. The van der Waals surface area contributed by atoms with Gasteiger partial charge in [-0.25, -0.2) is 0 Å². The van der Waals surface area contributed by atoms with Gasteiger partial charge in [-0.05, 0) is 48.8 Å². The molecule has 1 amide bonds. The van der Waals surface area contributed by atoms with Crippen molar-refractivity contribution in [2.75, 3.05) is 32.8 Å². The van der Waals surface area contributed by atoms with E-state index in [1.54, 1.807) is 0 Å². The van der Waals surface area contributed by atoms with Crippen LogP contribution in [0.4, 0.5) is 0 Å². The molecule has 1 aromatic rings. The van der Waals surface area contributed by atoms with Crippen molar-refractivity contribution < 1.29 is 14.3 Å². The van der Waals surface area contributed by atoms with E-state index in [0.717, 1.165) is 76.8 Å². The maximum atomic E-state index is 11.3. The van der Waals surface area contributed by atoms with Gasteiger partial charge in [-0.3, -0.25) is 9.69 Å². The van der Waals surface area contributed by atoms with Crippen LogP contribution in [0, 0.1) is 6.92 Å². The summed E-state index contributed by atoms with van der Waals surface area (Å²) in [4.78, 5) is 26.6. The Morgan fingerprint density at radius 2 is 2.15 bits per heavy atom. The molecule has 0 N–H and O–H groups in total. The molecule has 1 saturated heterocycles. The van der Waals surface area contributed by atoms with Crippen LogP contribution in [0.1, 0.15) is 55.2 Å². The van der Waals surface area contributed by atoms with Gasteiger partial charge in [0.05, 0.1) is 13.2 Å². The largest absolute Gasteiger partial charge is 0.493 e. The summed E-state index contributed by atoms with van der Waals surface area (Å²) in [6.07, 6.45) is 7.08. The number of aldehydes is 1. The molecule has 148 valence electrons. The molecule has 1 aromatic carbocycles. The normalized spacial score (nSPS) is 21.7. The van der Waals surface area contributed by atoms with Crippen molar-refractivity contribution in [3.8, 4) is 5.75 Å². The quantitative estimate of drug-likeness (QED) is 0.593. The number of fused-ring (bicyclic) bond motifs is 1. The first-order chi connectivity index (χ1) is 13.2. The molecule has 2 atom stereocenters. The third-order valence-corrected chi connectivity index (χ3v) is 6.00. The fourth-order valence-corrected chi connectivity index (χ4v) is 4.51. The number of hydrogen-bond acceptors (Lipinski definition) is 4. The van der Waals surface area contributed by atoms with E-state index < -0.39 is 0 Å². The number of likely N-dealkylation sites (tertiary alicyclic amines) is 1. The number of aryl methyl sites for hydroxylation is 1. The SMILES string of the molecule is CCCCN(C=O)CCC1CC(c2cc(C)c3c(c2)CCO3)CN1CC=O. The highest BCUT2D eigenvalue weighted by Crippen LogP contribution is 2.38. The minimum Gasteiger partial charge on any atom is -0.493 e. The van der Waals surface area contributed by atoms with Gasteiger partial charge in [0.15, 0.2) is 0 Å². The summed E-state index contributed by atoms with van der Waals surface area (Å²) < 4.78 is 5.74. The summed E-state index contributed by atoms with van der Waals surface area (Å²) in [6.45, 7) is 8.03. The van der Waals surface area contributed by atoms with Crippen LogP contribution >= 0.6 is 0 Å². The number of hydrogen-bond donors (Lipinski definition) is 0. The number of carbonyl (C=O) groups excluding carboxylic acids is 2. The van der Waals surface area contributed by atoms with Crippen molar-refractivity contribution in [3.63, 3.8) is 0 Å². The van der Waals surface area contributed by atoms with E-state index in [2.05, 4.69) is 30.9 Å². The maximum absolute atomic E-state index is 11.3. The zero-order chi connectivity index (χ0) is 19.2. The van der Waals surface area contributed by atoms with Crippen LogP contribution in [-0.2, 0) is 16.0 Å². The lowest BCUT2D eigenvalue weighted by Crippen LogP contribution is -2.35. The van der Waals surface area contributed by atoms with Crippen LogP contribution < -0.4 is 4.74 Å². The molecule has 2 aliphatic rings. The first-order valence-electron chi connectivity index (χ1n) is 10.3. The van der Waals surface area contributed by atoms with Crippen LogP contribution in [-0.4, -0.2) is 61.3 Å². The topological polar surface area (TPSA) is 49.9 Å². The predicted octanol–water partition coefficient (Wildman–Crippen LogP) is 2.94. The lowest BCUT2D eigenvalue weighted by molar-refractivity contribution is -0.118. The molecule has 0 bridgehead atoms. The van der Waals surface area contributed by atoms with E-state index in [-0.39, 0.29) is 0 Å². The van der Waals surface area contributed by atoms with E-state index in [1.807, 2.05) is 4.90 Å². The monoisotopic (exact) mass is 372 g/mol. The van der Waals surface area contributed by atoms with Gasteiger partial charge in [-0.2, -0.15) is 0 Å². The molecule has 2 unspecified atom stereocenters. The minimum atomic E-state index is 0.356. The van der Waals surface area contributed by atoms with Crippen molar-refractivity contribution in [1.29, 1.82) is 0 Å². The van der Waals surface area contributed by atoms with Crippen LogP contribution in [0.15, 0.2) is 12.1 Å². The minimum absolute atomic E-state index is 0.356. The lowest BCUT2D eigenvalue weighted by atomic mass is 9.92. The number of unbranched alkanes of at least 4 members (excludes halogenated alkanes) is 1. The third-order valence-electron chi connectivity index (χ3n) is 6.00. The van der Waals surface area contributed by atoms with Gasteiger partial charge in [0.25, 0.3) is 0 Å². The van der Waals surface area contributed by atoms with Crippen LogP contribution in [0.3, 0.4) is 0 Å². The first-order valence-corrected chi connectivity index (χ1v) is 10.3. The van der Waals surface area contributed by atoms with Gasteiger partial charge in [-0.15, -0.1) is 0 Å². The molecule has 3 rings (SSSR count). The molecular weight excluding hydrogens is 340 g/mol. The van der Waals surface area contributed by atoms with Gasteiger partial charge < -0.3 is 14.4 Å². The lowest BCUT2D eigenvalue weighted by Gasteiger charge is -2.25. The fourth-order valence-electron chi connectivity index (χ4n) is 4.51. The average Bonchev–Trinajstić information content (AvgIpc) is 3.29. The maximum Gasteiger partial charge on any atom is 0.209 e. The Morgan fingerprint density at radius 1 is 1.30 bits per heavy atom. The molecule has 0 aromatic heterocycles. The number of nitrogens with zero attached hydrogens (tertiary/aromatic N) is 2. The summed E-state index contributed by atoms with van der Waals surface area (Å²) in [5.41, 5.74) is 3.91. The first kappa shape index (κ1) is 19.9. The molecule has 5 nitrogen and oxygen atoms in total. The van der Waals surface area contributed by atoms with E-state index >= 15 is 0 Å². The number of benzene rings is 1. The molecule has 1 fully saturated rings. The number of rotatable bonds is 10. The summed E-state index contributed by atoms with van der Waals surface area (Å²) in [5.74, 6) is 1.51. The number of ether oxygens (including phenoxy) is 1. The molecule has 2 aliphatic heterocycles. The van der Waals surface area contributed by atoms with Crippen LogP contribution in [0.5, 0.6) is 5.75 Å². The van der Waals surface area contributed by atoms with Crippen molar-refractivity contribution in [2.24, 2.45) is 0 Å². The Balaban J connectivity index is 1.66. The molecule has 0 saturated carbocycles. The second-order valence-corrected chi connectivity index (χ2v) is 7.92. The zero-order valence-electron chi connectivity index (χ0n) is 16.7. The van der Waals surface area contributed by atoms with Crippen LogP contribution in [0.2, 0.25) is 0 Å². The van der Waals surface area contributed by atoms with Crippen molar-refractivity contribution >= 4 is 12.7 Å². The Kier molecular flexibility index (Phi) is 6.89. The highest BCUT2D eigenvalue weighted by molar-refractivity contribution is 5.52. The van der Waals surface area contributed by atoms with Gasteiger partial charge in [0.2, 0.25) is 6.41 Å². The summed E-state index contributed by atoms with van der Waals surface area (Å²) >= 11 is 0. The summed E-state index contributed by atoms with van der Waals surface area (Å²) in [6, 6.07) is 4.92. The van der Waals surface area contributed by atoms with E-state index in [1.165, 1.54) is 16.7 Å². The number of amides is 1. The van der Waals surface area contributed by atoms with Gasteiger partial charge in [0.1, 0.15) is 12.0 Å². The van der Waals surface area contributed by atoms with E-state index in [9.17, 15) is 9.59 Å². The zero-order valence-corrected chi connectivity index (χ0v) is 16.7. The molecule has 0 radical (unpaired) electrons. The Hall–Kier alpha value is -1.88. The smallest absolute Gasteiger partial charge is 0.209 e. The van der Waals surface area contributed by atoms with E-state index in [0.29, 0.717) is 18.5 Å². The van der Waals surface area contributed by atoms with Crippen molar-refractivity contribution in [2.45, 2.75) is 57.9 Å². The Bertz CT molecular complexity index is 661. The molecular formula is C22H32N2O3. The summed E-state index contributed by atoms with van der Waals surface area (Å²) in [7, 11) is 0. The Labute approximate surface area is 162 Å². The summed E-state index contributed by atoms with van der Waals surface area (Å²) in [5, 5.41) is 0. The molecule has 27 heavy (non-hydrogen) atoms. The molecule has 5 heteroatoms. The second-order valence-electron chi connectivity index (χ2n) is 7.92. The highest BCUT2D eigenvalue weighted by Gasteiger charge is 2.33. The van der Waals surface area contributed by atoms with E-state index in [4.69, 9.17) is 4.74 Å². The van der Waals surface area contributed by atoms with Crippen molar-refractivity contribution in [1.82, 2.24) is 9.80 Å². The van der Waals surface area contributed by atoms with Gasteiger partial charge in [0, 0.05) is 32.1 Å². The standard InChI is InChI=1S/C22H32N2O3/c1-3-4-7-23(16-26)8-5-21-14-20(15-24(21)9-10-25)19-12-17(2)22-18(13-19)6-11-27-22/h10,12-13,16,20-21H,3-9,11,14-15H2,1-2H3. The van der Waals surface area contributed by atoms with Gasteiger partial charge >= 0.3 is 0 Å². The molecule has 0 spiro atoms. The number of carbonyl (C=O) groups is 2. The Morgan fingerprint density at radius 3 is 2.89 bits per heavy atom. The van der Waals surface area contributed by atoms with Crippen molar-refractivity contribution in [3.05, 3.63) is 28.8 Å². The fraction of sp³-hybridized carbons (Fsp3) is 0.636. The third kappa shape index (κ3) is 4.70. The average molecular weight is 373 g/mol. The predicted molar refractivity (Wildman–Crippen MR) is 106 cm³/mol.